The number of carbonyl (C=O) groups is 1. The first-order chi connectivity index (χ1) is 9.19. The molecule has 2 aromatic carbocycles. The standard InChI is InChI=1S/C15H11ClO3/c1-18-14-8-10(16)7-11-12(17)6-9-4-2-3-5-13(9)19-15(11)14/h2-5,7-8H,6H2,1H3. The highest BCUT2D eigenvalue weighted by atomic mass is 35.5. The van der Waals surface area contributed by atoms with Gasteiger partial charge in [-0.3, -0.25) is 4.79 Å². The van der Waals surface area contributed by atoms with Crippen LogP contribution in [0.1, 0.15) is 15.9 Å². The fraction of sp³-hybridized carbons (Fsp3) is 0.133. The molecular weight excluding hydrogens is 264 g/mol. The molecule has 0 fully saturated rings. The average molecular weight is 275 g/mol. The lowest BCUT2D eigenvalue weighted by molar-refractivity contribution is 0.0993. The average Bonchev–Trinajstić information content (AvgIpc) is 2.55. The van der Waals surface area contributed by atoms with Gasteiger partial charge in [0.1, 0.15) is 5.75 Å². The van der Waals surface area contributed by atoms with Crippen LogP contribution in [0.4, 0.5) is 0 Å². The van der Waals surface area contributed by atoms with Gasteiger partial charge < -0.3 is 9.47 Å². The highest BCUT2D eigenvalue weighted by Gasteiger charge is 2.24. The fourth-order valence-electron chi connectivity index (χ4n) is 2.16. The van der Waals surface area contributed by atoms with E-state index in [4.69, 9.17) is 21.1 Å². The molecule has 1 aliphatic heterocycles. The number of methoxy groups -OCH3 is 1. The molecule has 3 rings (SSSR count). The Bertz CT molecular complexity index is 664. The molecule has 1 aliphatic rings. The fourth-order valence-corrected chi connectivity index (χ4v) is 2.37. The minimum absolute atomic E-state index is 0.0271. The van der Waals surface area contributed by atoms with Crippen LogP contribution in [0.15, 0.2) is 36.4 Å². The van der Waals surface area contributed by atoms with E-state index in [0.29, 0.717) is 34.3 Å². The van der Waals surface area contributed by atoms with Gasteiger partial charge in [0.2, 0.25) is 0 Å². The van der Waals surface area contributed by atoms with Gasteiger partial charge in [-0.05, 0) is 12.1 Å². The van der Waals surface area contributed by atoms with Crippen LogP contribution in [0.25, 0.3) is 0 Å². The predicted molar refractivity (Wildman–Crippen MR) is 72.6 cm³/mol. The summed E-state index contributed by atoms with van der Waals surface area (Å²) in [4.78, 5) is 12.3. The highest BCUT2D eigenvalue weighted by molar-refractivity contribution is 6.31. The summed E-state index contributed by atoms with van der Waals surface area (Å²) in [6.07, 6.45) is 0.298. The van der Waals surface area contributed by atoms with Crippen molar-refractivity contribution in [3.8, 4) is 17.2 Å². The van der Waals surface area contributed by atoms with Crippen LogP contribution in [-0.4, -0.2) is 12.9 Å². The Balaban J connectivity index is 2.22. The lowest BCUT2D eigenvalue weighted by Gasteiger charge is -2.12. The third-order valence-corrected chi connectivity index (χ3v) is 3.29. The molecule has 2 aromatic rings. The number of Topliss-reactive ketones (excluding diaryl/α,β-unsaturated/α-hetero) is 1. The van der Waals surface area contributed by atoms with Gasteiger partial charge in [-0.2, -0.15) is 0 Å². The van der Waals surface area contributed by atoms with E-state index in [2.05, 4.69) is 0 Å². The van der Waals surface area contributed by atoms with E-state index in [1.54, 1.807) is 12.1 Å². The largest absolute Gasteiger partial charge is 0.493 e. The molecule has 0 atom stereocenters. The normalized spacial score (nSPS) is 13.1. The van der Waals surface area contributed by atoms with Gasteiger partial charge in [-0.15, -0.1) is 0 Å². The van der Waals surface area contributed by atoms with Crippen molar-refractivity contribution in [2.24, 2.45) is 0 Å². The van der Waals surface area contributed by atoms with Gasteiger partial charge in [0.15, 0.2) is 17.3 Å². The Morgan fingerprint density at radius 3 is 2.84 bits per heavy atom. The monoisotopic (exact) mass is 274 g/mol. The number of ketones is 1. The van der Waals surface area contributed by atoms with Crippen molar-refractivity contribution in [2.75, 3.05) is 7.11 Å². The van der Waals surface area contributed by atoms with Crippen LogP contribution >= 0.6 is 11.6 Å². The first-order valence-electron chi connectivity index (χ1n) is 5.85. The minimum Gasteiger partial charge on any atom is -0.493 e. The molecule has 0 saturated carbocycles. The molecular formula is C15H11ClO3. The zero-order chi connectivity index (χ0) is 13.4. The zero-order valence-corrected chi connectivity index (χ0v) is 11.0. The van der Waals surface area contributed by atoms with E-state index in [1.807, 2.05) is 24.3 Å². The van der Waals surface area contributed by atoms with Crippen LogP contribution < -0.4 is 9.47 Å². The second-order valence-electron chi connectivity index (χ2n) is 4.29. The maximum Gasteiger partial charge on any atom is 0.180 e. The molecule has 0 unspecified atom stereocenters. The number of benzene rings is 2. The quantitative estimate of drug-likeness (QED) is 0.792. The lowest BCUT2D eigenvalue weighted by atomic mass is 10.0. The summed E-state index contributed by atoms with van der Waals surface area (Å²) in [5.41, 5.74) is 1.32. The first-order valence-corrected chi connectivity index (χ1v) is 6.23. The predicted octanol–water partition coefficient (Wildman–Crippen LogP) is 3.88. The van der Waals surface area contributed by atoms with E-state index in [1.165, 1.54) is 7.11 Å². The number of hydrogen-bond donors (Lipinski definition) is 0. The molecule has 0 aliphatic carbocycles. The number of carbonyl (C=O) groups excluding carboxylic acids is 1. The summed E-state index contributed by atoms with van der Waals surface area (Å²) in [6, 6.07) is 10.7. The minimum atomic E-state index is -0.0271. The molecule has 0 saturated heterocycles. The van der Waals surface area contributed by atoms with Gasteiger partial charge in [0.25, 0.3) is 0 Å². The van der Waals surface area contributed by atoms with E-state index in [-0.39, 0.29) is 5.78 Å². The summed E-state index contributed by atoms with van der Waals surface area (Å²) >= 11 is 6.00. The first kappa shape index (κ1) is 12.1. The van der Waals surface area contributed by atoms with Gasteiger partial charge in [0, 0.05) is 23.1 Å². The molecule has 0 radical (unpaired) electrons. The van der Waals surface area contributed by atoms with Crippen molar-refractivity contribution >= 4 is 17.4 Å². The van der Waals surface area contributed by atoms with Gasteiger partial charge in [-0.25, -0.2) is 0 Å². The van der Waals surface area contributed by atoms with Crippen LogP contribution in [0.3, 0.4) is 0 Å². The molecule has 0 aromatic heterocycles. The van der Waals surface area contributed by atoms with Crippen molar-refractivity contribution in [2.45, 2.75) is 6.42 Å². The Kier molecular flexibility index (Phi) is 2.91. The van der Waals surface area contributed by atoms with Crippen LogP contribution in [0, 0.1) is 0 Å². The molecule has 0 amide bonds. The summed E-state index contributed by atoms with van der Waals surface area (Å²) in [7, 11) is 1.52. The zero-order valence-electron chi connectivity index (χ0n) is 10.3. The smallest absolute Gasteiger partial charge is 0.180 e. The van der Waals surface area contributed by atoms with Crippen molar-refractivity contribution in [3.63, 3.8) is 0 Å². The number of ether oxygens (including phenoxy) is 2. The molecule has 0 bridgehead atoms. The van der Waals surface area contributed by atoms with Gasteiger partial charge in [0.05, 0.1) is 12.7 Å². The lowest BCUT2D eigenvalue weighted by Crippen LogP contribution is -2.02. The van der Waals surface area contributed by atoms with Crippen molar-refractivity contribution in [1.29, 1.82) is 0 Å². The number of rotatable bonds is 1. The Hall–Kier alpha value is -2.00. The van der Waals surface area contributed by atoms with Crippen molar-refractivity contribution in [3.05, 3.63) is 52.5 Å². The Labute approximate surface area is 115 Å². The second kappa shape index (κ2) is 4.59. The van der Waals surface area contributed by atoms with E-state index < -0.39 is 0 Å². The molecule has 0 spiro atoms. The maximum absolute atomic E-state index is 12.3. The number of para-hydroxylation sites is 1. The highest BCUT2D eigenvalue weighted by Crippen LogP contribution is 2.41. The summed E-state index contributed by atoms with van der Waals surface area (Å²) in [6.45, 7) is 0. The SMILES string of the molecule is COc1cc(Cl)cc2c1Oc1ccccc1CC2=O. The van der Waals surface area contributed by atoms with E-state index in [9.17, 15) is 4.79 Å². The van der Waals surface area contributed by atoms with Crippen LogP contribution in [0.5, 0.6) is 17.2 Å². The van der Waals surface area contributed by atoms with Crippen molar-refractivity contribution in [1.82, 2.24) is 0 Å². The third kappa shape index (κ3) is 2.06. The molecule has 3 nitrogen and oxygen atoms in total. The number of hydrogen-bond acceptors (Lipinski definition) is 3. The Morgan fingerprint density at radius 2 is 2.05 bits per heavy atom. The third-order valence-electron chi connectivity index (χ3n) is 3.08. The number of halogens is 1. The van der Waals surface area contributed by atoms with Crippen LogP contribution in [-0.2, 0) is 6.42 Å². The maximum atomic E-state index is 12.3. The molecule has 4 heteroatoms. The molecule has 1 heterocycles. The van der Waals surface area contributed by atoms with Crippen molar-refractivity contribution < 1.29 is 14.3 Å². The molecule has 19 heavy (non-hydrogen) atoms. The van der Waals surface area contributed by atoms with E-state index >= 15 is 0 Å². The molecule has 0 N–H and O–H groups in total. The van der Waals surface area contributed by atoms with Gasteiger partial charge in [-0.1, -0.05) is 29.8 Å². The summed E-state index contributed by atoms with van der Waals surface area (Å²) in [5.74, 6) is 1.55. The topological polar surface area (TPSA) is 35.5 Å². The summed E-state index contributed by atoms with van der Waals surface area (Å²) in [5, 5.41) is 0.457. The molecule has 96 valence electrons. The van der Waals surface area contributed by atoms with Crippen LogP contribution in [0.2, 0.25) is 5.02 Å². The second-order valence-corrected chi connectivity index (χ2v) is 4.73. The Morgan fingerprint density at radius 1 is 1.26 bits per heavy atom. The van der Waals surface area contributed by atoms with Gasteiger partial charge >= 0.3 is 0 Å². The summed E-state index contributed by atoms with van der Waals surface area (Å²) < 4.78 is 11.1. The van der Waals surface area contributed by atoms with E-state index in [0.717, 1.165) is 5.56 Å². The number of fused-ring (bicyclic) bond motifs is 2.